The summed E-state index contributed by atoms with van der Waals surface area (Å²) in [7, 11) is -3.73. The Morgan fingerprint density at radius 2 is 1.69 bits per heavy atom. The van der Waals surface area contributed by atoms with Gasteiger partial charge in [-0.1, -0.05) is 12.1 Å². The molecule has 3 rings (SSSR count). The molecule has 0 unspecified atom stereocenters. The molecule has 0 radical (unpaired) electrons. The van der Waals surface area contributed by atoms with Crippen molar-refractivity contribution < 1.29 is 18.0 Å². The summed E-state index contributed by atoms with van der Waals surface area (Å²) >= 11 is 2.15. The molecule has 26 heavy (non-hydrogen) atoms. The summed E-state index contributed by atoms with van der Waals surface area (Å²) in [4.78, 5) is 26.0. The molecule has 2 aromatic carbocycles. The maximum absolute atomic E-state index is 12.6. The molecule has 0 spiro atoms. The van der Waals surface area contributed by atoms with Crippen molar-refractivity contribution in [2.75, 3.05) is 4.90 Å². The third-order valence-electron chi connectivity index (χ3n) is 4.04. The molecule has 0 aliphatic carbocycles. The molecule has 2 aromatic rings. The fraction of sp³-hybridized carbons (Fsp3) is 0.176. The van der Waals surface area contributed by atoms with E-state index in [0.29, 0.717) is 12.2 Å². The van der Waals surface area contributed by atoms with E-state index < -0.39 is 16.1 Å². The van der Waals surface area contributed by atoms with Crippen molar-refractivity contribution >= 4 is 50.1 Å². The number of nitrogens with two attached hydrogens (primary N) is 1. The molecule has 7 nitrogen and oxygen atoms in total. The molecule has 0 aromatic heterocycles. The predicted molar refractivity (Wildman–Crippen MR) is 105 cm³/mol. The minimum Gasteiger partial charge on any atom is -0.301 e. The van der Waals surface area contributed by atoms with Gasteiger partial charge in [0.15, 0.2) is 0 Å². The first kappa shape index (κ1) is 19.0. The Balaban J connectivity index is 1.67. The van der Waals surface area contributed by atoms with E-state index >= 15 is 0 Å². The smallest absolute Gasteiger partial charge is 0.251 e. The van der Waals surface area contributed by atoms with Crippen LogP contribution in [-0.2, 0) is 26.2 Å². The van der Waals surface area contributed by atoms with E-state index in [4.69, 9.17) is 5.14 Å². The highest BCUT2D eigenvalue weighted by molar-refractivity contribution is 14.1. The summed E-state index contributed by atoms with van der Waals surface area (Å²) in [6.07, 6.45) is 0.0834. The van der Waals surface area contributed by atoms with Gasteiger partial charge in [-0.25, -0.2) is 18.5 Å². The third kappa shape index (κ3) is 4.11. The zero-order chi connectivity index (χ0) is 18.9. The van der Waals surface area contributed by atoms with Crippen molar-refractivity contribution in [3.63, 3.8) is 0 Å². The highest BCUT2D eigenvalue weighted by atomic mass is 127. The number of nitrogens with zero attached hydrogens (tertiary/aromatic N) is 1. The molecule has 1 aliphatic rings. The molecule has 136 valence electrons. The molecule has 1 saturated heterocycles. The van der Waals surface area contributed by atoms with Crippen LogP contribution in [0, 0.1) is 3.57 Å². The first-order chi connectivity index (χ1) is 12.3. The second-order valence-corrected chi connectivity index (χ2v) is 8.68. The average Bonchev–Trinajstić information content (AvgIpc) is 2.87. The van der Waals surface area contributed by atoms with Gasteiger partial charge in [-0.3, -0.25) is 9.59 Å². The molecule has 2 amide bonds. The molecule has 3 N–H and O–H groups in total. The third-order valence-corrected chi connectivity index (χ3v) is 5.68. The fourth-order valence-electron chi connectivity index (χ4n) is 2.69. The Morgan fingerprint density at radius 3 is 2.27 bits per heavy atom. The Labute approximate surface area is 164 Å². The maximum atomic E-state index is 12.6. The van der Waals surface area contributed by atoms with Crippen LogP contribution < -0.4 is 15.4 Å². The van der Waals surface area contributed by atoms with Crippen molar-refractivity contribution in [1.29, 1.82) is 0 Å². The zero-order valence-electron chi connectivity index (χ0n) is 13.6. The normalized spacial score (nSPS) is 17.8. The monoisotopic (exact) mass is 485 g/mol. The number of sulfonamides is 1. The Morgan fingerprint density at radius 1 is 1.08 bits per heavy atom. The molecule has 0 bridgehead atoms. The van der Waals surface area contributed by atoms with Crippen LogP contribution in [0.2, 0.25) is 0 Å². The lowest BCUT2D eigenvalue weighted by Crippen LogP contribution is -2.38. The molecule has 1 heterocycles. The predicted octanol–water partition coefficient (Wildman–Crippen LogP) is 1.36. The lowest BCUT2D eigenvalue weighted by atomic mass is 10.2. The van der Waals surface area contributed by atoms with Crippen LogP contribution in [-0.4, -0.2) is 26.3 Å². The number of primary sulfonamides is 1. The van der Waals surface area contributed by atoms with Gasteiger partial charge in [0.05, 0.1) is 23.0 Å². The van der Waals surface area contributed by atoms with Gasteiger partial charge in [-0.05, 0) is 64.6 Å². The van der Waals surface area contributed by atoms with Crippen LogP contribution in [0.4, 0.5) is 5.69 Å². The van der Waals surface area contributed by atoms with Gasteiger partial charge in [-0.2, -0.15) is 0 Å². The fourth-order valence-corrected chi connectivity index (χ4v) is 3.57. The van der Waals surface area contributed by atoms with Gasteiger partial charge in [0.2, 0.25) is 15.9 Å². The number of nitrogens with one attached hydrogen (secondary N) is 1. The van der Waals surface area contributed by atoms with Crippen LogP contribution in [0.15, 0.2) is 53.4 Å². The number of hydrogen-bond acceptors (Lipinski definition) is 5. The molecule has 1 atom stereocenters. The summed E-state index contributed by atoms with van der Waals surface area (Å²) in [5.74, 6) is -0.546. The molecule has 1 fully saturated rings. The quantitative estimate of drug-likeness (QED) is 0.491. The minimum atomic E-state index is -3.73. The molecule has 0 saturated carbocycles. The largest absolute Gasteiger partial charge is 0.301 e. The Hall–Kier alpha value is -1.82. The number of anilines is 1. The summed E-state index contributed by atoms with van der Waals surface area (Å²) in [6, 6.07) is 12.6. The number of rotatable bonds is 5. The molecular formula is C17H16IN3O4S. The average molecular weight is 485 g/mol. The number of imide groups is 1. The summed E-state index contributed by atoms with van der Waals surface area (Å²) < 4.78 is 23.5. The van der Waals surface area contributed by atoms with E-state index in [9.17, 15) is 18.0 Å². The van der Waals surface area contributed by atoms with Gasteiger partial charge in [-0.15, -0.1) is 0 Å². The van der Waals surface area contributed by atoms with Gasteiger partial charge in [0.1, 0.15) is 0 Å². The first-order valence-corrected chi connectivity index (χ1v) is 10.4. The topological polar surface area (TPSA) is 110 Å². The molecule has 9 heteroatoms. The zero-order valence-corrected chi connectivity index (χ0v) is 16.5. The number of carbonyl (C=O) groups excluding carboxylic acids is 2. The Bertz CT molecular complexity index is 943. The van der Waals surface area contributed by atoms with Crippen LogP contribution in [0.3, 0.4) is 0 Å². The summed E-state index contributed by atoms with van der Waals surface area (Å²) in [5.41, 5.74) is 1.34. The minimum absolute atomic E-state index is 0.0262. The van der Waals surface area contributed by atoms with Gasteiger partial charge in [0.25, 0.3) is 5.91 Å². The number of hydrogen-bond donors (Lipinski definition) is 2. The van der Waals surface area contributed by atoms with Gasteiger partial charge in [0, 0.05) is 10.1 Å². The first-order valence-electron chi connectivity index (χ1n) is 7.73. The number of benzene rings is 2. The lowest BCUT2D eigenvalue weighted by molar-refractivity contribution is -0.121. The van der Waals surface area contributed by atoms with Crippen molar-refractivity contribution in [2.24, 2.45) is 5.14 Å². The van der Waals surface area contributed by atoms with Crippen molar-refractivity contribution in [3.8, 4) is 0 Å². The standard InChI is InChI=1S/C17H16IN3O4S/c18-12-3-5-13(6-4-12)21-16(22)9-15(17(21)23)20-10-11-1-7-14(8-2-11)26(19,24)25/h1-8,15,20H,9-10H2,(H2,19,24,25)/t15-/m0/s1. The van der Waals surface area contributed by atoms with E-state index in [1.165, 1.54) is 17.0 Å². The SMILES string of the molecule is NS(=O)(=O)c1ccc(CN[C@H]2CC(=O)N(c3ccc(I)cc3)C2=O)cc1. The second kappa shape index (κ2) is 7.43. The van der Waals surface area contributed by atoms with E-state index in [-0.39, 0.29) is 23.1 Å². The maximum Gasteiger partial charge on any atom is 0.251 e. The van der Waals surface area contributed by atoms with Gasteiger partial charge >= 0.3 is 0 Å². The lowest BCUT2D eigenvalue weighted by Gasteiger charge is -2.15. The van der Waals surface area contributed by atoms with Crippen LogP contribution in [0.25, 0.3) is 0 Å². The van der Waals surface area contributed by atoms with Crippen molar-refractivity contribution in [3.05, 3.63) is 57.7 Å². The highest BCUT2D eigenvalue weighted by Gasteiger charge is 2.39. The number of amides is 2. The van der Waals surface area contributed by atoms with Crippen molar-refractivity contribution in [1.82, 2.24) is 5.32 Å². The molecule has 1 aliphatic heterocycles. The number of halogens is 1. The van der Waals surface area contributed by atoms with Gasteiger partial charge < -0.3 is 5.32 Å². The van der Waals surface area contributed by atoms with Crippen LogP contribution in [0.5, 0.6) is 0 Å². The van der Waals surface area contributed by atoms with Crippen LogP contribution in [0.1, 0.15) is 12.0 Å². The Kier molecular flexibility index (Phi) is 5.42. The van der Waals surface area contributed by atoms with E-state index in [2.05, 4.69) is 27.9 Å². The van der Waals surface area contributed by atoms with Crippen LogP contribution >= 0.6 is 22.6 Å². The van der Waals surface area contributed by atoms with E-state index in [1.54, 1.807) is 24.3 Å². The second-order valence-electron chi connectivity index (χ2n) is 5.87. The highest BCUT2D eigenvalue weighted by Crippen LogP contribution is 2.24. The van der Waals surface area contributed by atoms with Crippen molar-refractivity contribution in [2.45, 2.75) is 23.9 Å². The molecular weight excluding hydrogens is 469 g/mol. The van der Waals surface area contributed by atoms with E-state index in [0.717, 1.165) is 9.13 Å². The van der Waals surface area contributed by atoms with E-state index in [1.807, 2.05) is 12.1 Å². The number of carbonyl (C=O) groups is 2. The summed E-state index contributed by atoms with van der Waals surface area (Å²) in [6.45, 7) is 0.328. The summed E-state index contributed by atoms with van der Waals surface area (Å²) in [5, 5.41) is 8.12.